The fourth-order valence-corrected chi connectivity index (χ4v) is 3.30. The van der Waals surface area contributed by atoms with E-state index in [1.165, 1.54) is 0 Å². The third-order valence-corrected chi connectivity index (χ3v) is 4.61. The van der Waals surface area contributed by atoms with Crippen molar-refractivity contribution >= 4 is 12.3 Å². The van der Waals surface area contributed by atoms with Crippen LogP contribution in [0.1, 0.15) is 66.2 Å². The number of hydrogen-bond acceptors (Lipinski definition) is 4. The van der Waals surface area contributed by atoms with Gasteiger partial charge in [-0.1, -0.05) is 19.3 Å². The van der Waals surface area contributed by atoms with Gasteiger partial charge in [0.2, 0.25) is 6.41 Å². The van der Waals surface area contributed by atoms with Gasteiger partial charge in [-0.3, -0.25) is 14.4 Å². The number of hydroxylamine groups is 2. The second-order valence-electron chi connectivity index (χ2n) is 8.20. The Morgan fingerprint density at radius 3 is 2.26 bits per heavy atom. The lowest BCUT2D eigenvalue weighted by Crippen LogP contribution is -2.55. The number of hydrogen-bond donors (Lipinski definition) is 2. The summed E-state index contributed by atoms with van der Waals surface area (Å²) in [6.07, 6.45) is -3.18. The summed E-state index contributed by atoms with van der Waals surface area (Å²) in [6.45, 7) is 6.42. The largest absolute Gasteiger partial charge is 0.391 e. The SMILES string of the molecule is CC(NC(=O)C(O)C(CC(F)(F)F)N(C=O)OC(C)(C)C)C1CCCCC1. The lowest BCUT2D eigenvalue weighted by atomic mass is 9.84. The monoisotopic (exact) mass is 396 g/mol. The molecule has 3 unspecified atom stereocenters. The molecular weight excluding hydrogens is 365 g/mol. The predicted octanol–water partition coefficient (Wildman–Crippen LogP) is 2.94. The van der Waals surface area contributed by atoms with Gasteiger partial charge in [-0.05, 0) is 46.5 Å². The second kappa shape index (κ2) is 9.73. The summed E-state index contributed by atoms with van der Waals surface area (Å²) in [4.78, 5) is 28.9. The summed E-state index contributed by atoms with van der Waals surface area (Å²) < 4.78 is 38.9. The number of aliphatic hydroxyl groups is 1. The van der Waals surface area contributed by atoms with Crippen LogP contribution in [0.15, 0.2) is 0 Å². The Hall–Kier alpha value is -1.35. The van der Waals surface area contributed by atoms with Gasteiger partial charge in [0.15, 0.2) is 6.10 Å². The van der Waals surface area contributed by atoms with E-state index in [1.807, 2.05) is 0 Å². The topological polar surface area (TPSA) is 78.9 Å². The summed E-state index contributed by atoms with van der Waals surface area (Å²) in [6, 6.07) is -2.15. The second-order valence-corrected chi connectivity index (χ2v) is 8.20. The minimum atomic E-state index is -4.69. The van der Waals surface area contributed by atoms with Crippen molar-refractivity contribution in [2.45, 2.75) is 96.2 Å². The zero-order chi connectivity index (χ0) is 20.8. The molecule has 0 spiro atoms. The average Bonchev–Trinajstić information content (AvgIpc) is 2.56. The van der Waals surface area contributed by atoms with Gasteiger partial charge in [0.25, 0.3) is 5.91 Å². The van der Waals surface area contributed by atoms with E-state index in [9.17, 15) is 27.9 Å². The molecule has 0 aromatic heterocycles. The Balaban J connectivity index is 2.88. The van der Waals surface area contributed by atoms with Crippen molar-refractivity contribution in [3.63, 3.8) is 0 Å². The number of nitrogens with zero attached hydrogens (tertiary/aromatic N) is 1. The van der Waals surface area contributed by atoms with E-state index in [-0.39, 0.29) is 18.4 Å². The quantitative estimate of drug-likeness (QED) is 0.488. The molecule has 0 saturated heterocycles. The zero-order valence-corrected chi connectivity index (χ0v) is 16.4. The molecule has 3 atom stereocenters. The number of rotatable bonds is 8. The van der Waals surface area contributed by atoms with Crippen LogP contribution in [0.3, 0.4) is 0 Å². The first-order valence-electron chi connectivity index (χ1n) is 9.32. The minimum Gasteiger partial charge on any atom is -0.381 e. The Kier molecular flexibility index (Phi) is 8.53. The molecule has 1 aliphatic carbocycles. The van der Waals surface area contributed by atoms with E-state index in [1.54, 1.807) is 27.7 Å². The third-order valence-electron chi connectivity index (χ3n) is 4.61. The molecule has 6 nitrogen and oxygen atoms in total. The molecule has 0 aliphatic heterocycles. The van der Waals surface area contributed by atoms with E-state index in [0.717, 1.165) is 32.1 Å². The molecule has 27 heavy (non-hydrogen) atoms. The molecule has 1 rings (SSSR count). The number of nitrogens with one attached hydrogen (secondary N) is 1. The zero-order valence-electron chi connectivity index (χ0n) is 16.4. The van der Waals surface area contributed by atoms with Crippen LogP contribution >= 0.6 is 0 Å². The van der Waals surface area contributed by atoms with Crippen molar-refractivity contribution < 1.29 is 32.7 Å². The average molecular weight is 396 g/mol. The molecule has 1 fully saturated rings. The Labute approximate surface area is 158 Å². The number of carbonyl (C=O) groups is 2. The maximum Gasteiger partial charge on any atom is 0.391 e. The number of halogens is 3. The fourth-order valence-electron chi connectivity index (χ4n) is 3.30. The fraction of sp³-hybridized carbons (Fsp3) is 0.889. The van der Waals surface area contributed by atoms with E-state index >= 15 is 0 Å². The first kappa shape index (κ1) is 23.7. The van der Waals surface area contributed by atoms with Crippen molar-refractivity contribution in [3.05, 3.63) is 0 Å². The predicted molar refractivity (Wildman–Crippen MR) is 93.4 cm³/mol. The molecule has 158 valence electrons. The van der Waals surface area contributed by atoms with Gasteiger partial charge in [-0.25, -0.2) is 5.06 Å². The molecule has 1 aliphatic rings. The summed E-state index contributed by atoms with van der Waals surface area (Å²) in [7, 11) is 0. The summed E-state index contributed by atoms with van der Waals surface area (Å²) in [5.41, 5.74) is -0.976. The van der Waals surface area contributed by atoms with Gasteiger partial charge >= 0.3 is 6.18 Å². The van der Waals surface area contributed by atoms with Crippen LogP contribution in [0.25, 0.3) is 0 Å². The number of amides is 2. The molecule has 9 heteroatoms. The van der Waals surface area contributed by atoms with Crippen LogP contribution in [0.4, 0.5) is 13.2 Å². The Morgan fingerprint density at radius 1 is 1.26 bits per heavy atom. The minimum absolute atomic E-state index is 0.0583. The van der Waals surface area contributed by atoms with Crippen LogP contribution < -0.4 is 5.32 Å². The van der Waals surface area contributed by atoms with Gasteiger partial charge in [0.1, 0.15) is 6.04 Å². The highest BCUT2D eigenvalue weighted by Gasteiger charge is 2.43. The molecular formula is C18H31F3N2O4. The van der Waals surface area contributed by atoms with E-state index in [2.05, 4.69) is 5.32 Å². The van der Waals surface area contributed by atoms with Crippen LogP contribution in [0.5, 0.6) is 0 Å². The first-order chi connectivity index (χ1) is 12.3. The molecule has 1 saturated carbocycles. The molecule has 0 radical (unpaired) electrons. The van der Waals surface area contributed by atoms with Crippen LogP contribution in [-0.4, -0.2) is 52.5 Å². The van der Waals surface area contributed by atoms with Gasteiger partial charge in [-0.15, -0.1) is 0 Å². The molecule has 2 N–H and O–H groups in total. The van der Waals surface area contributed by atoms with Crippen molar-refractivity contribution in [1.29, 1.82) is 0 Å². The van der Waals surface area contributed by atoms with Crippen molar-refractivity contribution in [3.8, 4) is 0 Å². The van der Waals surface area contributed by atoms with Gasteiger partial charge < -0.3 is 10.4 Å². The normalized spacial score (nSPS) is 19.9. The lowest BCUT2D eigenvalue weighted by Gasteiger charge is -2.36. The molecule has 0 aromatic carbocycles. The lowest BCUT2D eigenvalue weighted by molar-refractivity contribution is -0.257. The summed E-state index contributed by atoms with van der Waals surface area (Å²) in [5, 5.41) is 13.3. The molecule has 0 bridgehead atoms. The van der Waals surface area contributed by atoms with E-state index in [4.69, 9.17) is 4.84 Å². The van der Waals surface area contributed by atoms with Gasteiger partial charge in [-0.2, -0.15) is 13.2 Å². The summed E-state index contributed by atoms with van der Waals surface area (Å²) >= 11 is 0. The highest BCUT2D eigenvalue weighted by atomic mass is 19.4. The molecule has 2 amide bonds. The molecule has 0 aromatic rings. The number of alkyl halides is 3. The Morgan fingerprint density at radius 2 is 1.81 bits per heavy atom. The Bertz CT molecular complexity index is 488. The highest BCUT2D eigenvalue weighted by Crippen LogP contribution is 2.28. The third kappa shape index (κ3) is 8.47. The first-order valence-corrected chi connectivity index (χ1v) is 9.32. The smallest absolute Gasteiger partial charge is 0.381 e. The van der Waals surface area contributed by atoms with Gasteiger partial charge in [0.05, 0.1) is 12.0 Å². The summed E-state index contributed by atoms with van der Waals surface area (Å²) in [5.74, 6) is -0.712. The van der Waals surface area contributed by atoms with Crippen LogP contribution in [0, 0.1) is 5.92 Å². The maximum absolute atomic E-state index is 13.0. The van der Waals surface area contributed by atoms with Crippen molar-refractivity contribution in [1.82, 2.24) is 10.4 Å². The highest BCUT2D eigenvalue weighted by molar-refractivity contribution is 5.81. The van der Waals surface area contributed by atoms with Gasteiger partial charge in [0, 0.05) is 6.04 Å². The molecule has 0 heterocycles. The standard InChI is InChI=1S/C18H31F3N2O4/c1-12(13-8-6-5-7-9-13)22-16(26)15(25)14(10-18(19,20)21)23(11-24)27-17(2,3)4/h11-15,25H,5-10H2,1-4H3,(H,22,26). The van der Waals surface area contributed by atoms with E-state index < -0.39 is 36.3 Å². The van der Waals surface area contributed by atoms with Crippen molar-refractivity contribution in [2.24, 2.45) is 5.92 Å². The van der Waals surface area contributed by atoms with Crippen LogP contribution in [0.2, 0.25) is 0 Å². The maximum atomic E-state index is 13.0. The van der Waals surface area contributed by atoms with Crippen LogP contribution in [-0.2, 0) is 14.4 Å². The number of aliphatic hydroxyl groups excluding tert-OH is 1. The van der Waals surface area contributed by atoms with E-state index in [0.29, 0.717) is 5.06 Å². The number of carbonyl (C=O) groups excluding carboxylic acids is 2. The van der Waals surface area contributed by atoms with Crippen molar-refractivity contribution in [2.75, 3.05) is 0 Å².